The van der Waals surface area contributed by atoms with Crippen molar-refractivity contribution in [3.8, 4) is 0 Å². The summed E-state index contributed by atoms with van der Waals surface area (Å²) in [6.45, 7) is 0.818. The van der Waals surface area contributed by atoms with E-state index in [1.54, 1.807) is 5.56 Å². The molecular formula is C11H16ClN. The van der Waals surface area contributed by atoms with Gasteiger partial charge in [-0.1, -0.05) is 24.3 Å². The summed E-state index contributed by atoms with van der Waals surface area (Å²) in [7, 11) is 0. The Morgan fingerprint density at radius 2 is 2.08 bits per heavy atom. The van der Waals surface area contributed by atoms with E-state index < -0.39 is 0 Å². The van der Waals surface area contributed by atoms with Crippen molar-refractivity contribution in [1.82, 2.24) is 0 Å². The van der Waals surface area contributed by atoms with Gasteiger partial charge < -0.3 is 5.73 Å². The van der Waals surface area contributed by atoms with Gasteiger partial charge in [0.2, 0.25) is 0 Å². The molecule has 2 heteroatoms. The quantitative estimate of drug-likeness (QED) is 0.775. The van der Waals surface area contributed by atoms with Gasteiger partial charge in [-0.2, -0.15) is 0 Å². The van der Waals surface area contributed by atoms with E-state index in [9.17, 15) is 0 Å². The van der Waals surface area contributed by atoms with Crippen LogP contribution in [0, 0.1) is 0 Å². The van der Waals surface area contributed by atoms with Crippen molar-refractivity contribution in [2.45, 2.75) is 25.2 Å². The summed E-state index contributed by atoms with van der Waals surface area (Å²) in [6.07, 6.45) is 3.70. The Morgan fingerprint density at radius 1 is 1.31 bits per heavy atom. The molecule has 0 spiro atoms. The van der Waals surface area contributed by atoms with Crippen LogP contribution in [0.3, 0.4) is 0 Å². The summed E-state index contributed by atoms with van der Waals surface area (Å²) < 4.78 is 0. The topological polar surface area (TPSA) is 26.0 Å². The van der Waals surface area contributed by atoms with Crippen LogP contribution in [0.15, 0.2) is 24.3 Å². The van der Waals surface area contributed by atoms with Crippen LogP contribution in [0.2, 0.25) is 0 Å². The number of hydrogen-bond donors (Lipinski definition) is 1. The number of hydrogen-bond acceptors (Lipinski definition) is 1. The molecular weight excluding hydrogens is 182 g/mol. The Bertz CT molecular complexity index is 271. The zero-order valence-corrected chi connectivity index (χ0v) is 8.52. The predicted molar refractivity (Wildman–Crippen MR) is 58.4 cm³/mol. The molecule has 1 nitrogen and oxygen atoms in total. The van der Waals surface area contributed by atoms with E-state index in [2.05, 4.69) is 24.3 Å². The number of nitrogens with two attached hydrogens (primary N) is 1. The van der Waals surface area contributed by atoms with Gasteiger partial charge in [0, 0.05) is 0 Å². The standard InChI is InChI=1S/C11H15N.ClH/c12-8-7-10-6-5-9-3-1-2-4-11(9)10;/h1-4,10H,5-8,12H2;1H. The Kier molecular flexibility index (Phi) is 3.76. The average Bonchev–Trinajstić information content (AvgIpc) is 2.50. The minimum Gasteiger partial charge on any atom is -0.330 e. The maximum atomic E-state index is 5.57. The van der Waals surface area contributed by atoms with E-state index in [4.69, 9.17) is 5.73 Å². The minimum absolute atomic E-state index is 0. The van der Waals surface area contributed by atoms with Gasteiger partial charge in [-0.3, -0.25) is 0 Å². The lowest BCUT2D eigenvalue weighted by molar-refractivity contribution is 0.627. The van der Waals surface area contributed by atoms with Gasteiger partial charge in [-0.15, -0.1) is 12.4 Å². The van der Waals surface area contributed by atoms with Crippen molar-refractivity contribution in [2.75, 3.05) is 6.54 Å². The molecule has 0 saturated carbocycles. The zero-order chi connectivity index (χ0) is 8.39. The van der Waals surface area contributed by atoms with Gasteiger partial charge in [-0.05, 0) is 42.9 Å². The predicted octanol–water partition coefficient (Wildman–Crippen LogP) is 2.49. The Labute approximate surface area is 85.7 Å². The second kappa shape index (κ2) is 4.64. The number of fused-ring (bicyclic) bond motifs is 1. The number of halogens is 1. The second-order valence-electron chi connectivity index (χ2n) is 3.51. The molecule has 2 N–H and O–H groups in total. The van der Waals surface area contributed by atoms with Gasteiger partial charge >= 0.3 is 0 Å². The van der Waals surface area contributed by atoms with Crippen molar-refractivity contribution >= 4 is 12.4 Å². The summed E-state index contributed by atoms with van der Waals surface area (Å²) in [4.78, 5) is 0. The van der Waals surface area contributed by atoms with Crippen molar-refractivity contribution in [3.63, 3.8) is 0 Å². The molecule has 72 valence electrons. The normalized spacial score (nSPS) is 19.3. The number of aryl methyl sites for hydroxylation is 1. The van der Waals surface area contributed by atoms with Crippen LogP contribution in [-0.4, -0.2) is 6.54 Å². The summed E-state index contributed by atoms with van der Waals surface area (Å²) in [5.41, 5.74) is 8.65. The highest BCUT2D eigenvalue weighted by Crippen LogP contribution is 2.34. The van der Waals surface area contributed by atoms with Crippen LogP contribution >= 0.6 is 12.4 Å². The minimum atomic E-state index is 0. The molecule has 0 amide bonds. The van der Waals surface area contributed by atoms with E-state index in [0.717, 1.165) is 18.9 Å². The highest BCUT2D eigenvalue weighted by Gasteiger charge is 2.20. The first kappa shape index (κ1) is 10.6. The summed E-state index contributed by atoms with van der Waals surface area (Å²) in [6, 6.07) is 8.76. The smallest absolute Gasteiger partial charge is 0.00714 e. The molecule has 1 aliphatic rings. The summed E-state index contributed by atoms with van der Waals surface area (Å²) >= 11 is 0. The molecule has 0 aliphatic heterocycles. The molecule has 0 fully saturated rings. The lowest BCUT2D eigenvalue weighted by Crippen LogP contribution is -2.04. The average molecular weight is 198 g/mol. The first-order valence-electron chi connectivity index (χ1n) is 4.69. The Morgan fingerprint density at radius 3 is 2.85 bits per heavy atom. The molecule has 0 bridgehead atoms. The largest absolute Gasteiger partial charge is 0.330 e. The molecule has 13 heavy (non-hydrogen) atoms. The second-order valence-corrected chi connectivity index (χ2v) is 3.51. The van der Waals surface area contributed by atoms with Crippen molar-refractivity contribution in [2.24, 2.45) is 5.73 Å². The van der Waals surface area contributed by atoms with Crippen LogP contribution in [-0.2, 0) is 6.42 Å². The molecule has 0 radical (unpaired) electrons. The molecule has 1 aromatic carbocycles. The molecule has 1 aliphatic carbocycles. The summed E-state index contributed by atoms with van der Waals surface area (Å²) in [5.74, 6) is 0.742. The van der Waals surface area contributed by atoms with Gasteiger partial charge in [0.25, 0.3) is 0 Å². The lowest BCUT2D eigenvalue weighted by atomic mass is 9.98. The van der Waals surface area contributed by atoms with Gasteiger partial charge in [-0.25, -0.2) is 0 Å². The number of rotatable bonds is 2. The SMILES string of the molecule is Cl.NCCC1CCc2ccccc21. The third-order valence-corrected chi connectivity index (χ3v) is 2.77. The fourth-order valence-electron chi connectivity index (χ4n) is 2.15. The van der Waals surface area contributed by atoms with Gasteiger partial charge in [0.05, 0.1) is 0 Å². The van der Waals surface area contributed by atoms with Crippen molar-refractivity contribution in [1.29, 1.82) is 0 Å². The van der Waals surface area contributed by atoms with Crippen molar-refractivity contribution in [3.05, 3.63) is 35.4 Å². The monoisotopic (exact) mass is 197 g/mol. The van der Waals surface area contributed by atoms with Crippen LogP contribution in [0.1, 0.15) is 29.9 Å². The molecule has 0 saturated heterocycles. The Balaban J connectivity index is 0.000000845. The van der Waals surface area contributed by atoms with Crippen LogP contribution in [0.5, 0.6) is 0 Å². The molecule has 2 rings (SSSR count). The van der Waals surface area contributed by atoms with Crippen LogP contribution in [0.25, 0.3) is 0 Å². The molecule has 1 atom stereocenters. The van der Waals surface area contributed by atoms with Crippen molar-refractivity contribution < 1.29 is 0 Å². The zero-order valence-electron chi connectivity index (χ0n) is 7.70. The maximum Gasteiger partial charge on any atom is -0.00714 e. The van der Waals surface area contributed by atoms with Gasteiger partial charge in [0.15, 0.2) is 0 Å². The first-order valence-corrected chi connectivity index (χ1v) is 4.69. The molecule has 0 heterocycles. The maximum absolute atomic E-state index is 5.57. The van der Waals surface area contributed by atoms with E-state index in [-0.39, 0.29) is 12.4 Å². The molecule has 1 unspecified atom stereocenters. The first-order chi connectivity index (χ1) is 5.92. The van der Waals surface area contributed by atoms with Crippen LogP contribution < -0.4 is 5.73 Å². The van der Waals surface area contributed by atoms with E-state index in [0.29, 0.717) is 0 Å². The Hall–Kier alpha value is -0.530. The molecule has 1 aromatic rings. The van der Waals surface area contributed by atoms with E-state index in [1.165, 1.54) is 18.4 Å². The third kappa shape index (κ3) is 2.04. The van der Waals surface area contributed by atoms with E-state index >= 15 is 0 Å². The number of benzene rings is 1. The fraction of sp³-hybridized carbons (Fsp3) is 0.455. The highest BCUT2D eigenvalue weighted by molar-refractivity contribution is 5.85. The summed E-state index contributed by atoms with van der Waals surface area (Å²) in [5, 5.41) is 0. The fourth-order valence-corrected chi connectivity index (χ4v) is 2.15. The van der Waals surface area contributed by atoms with Crippen LogP contribution in [0.4, 0.5) is 0 Å². The molecule has 0 aromatic heterocycles. The third-order valence-electron chi connectivity index (χ3n) is 2.77. The van der Waals surface area contributed by atoms with E-state index in [1.807, 2.05) is 0 Å². The van der Waals surface area contributed by atoms with Gasteiger partial charge in [0.1, 0.15) is 0 Å². The lowest BCUT2D eigenvalue weighted by Gasteiger charge is -2.08. The highest BCUT2D eigenvalue weighted by atomic mass is 35.5.